The van der Waals surface area contributed by atoms with Crippen molar-refractivity contribution in [3.63, 3.8) is 0 Å². The molecule has 2 atom stereocenters. The Morgan fingerprint density at radius 3 is 2.93 bits per heavy atom. The molecule has 1 aromatic carbocycles. The largest absolute Gasteiger partial charge is 0.486 e. The van der Waals surface area contributed by atoms with E-state index in [1.807, 2.05) is 6.92 Å². The second-order valence-corrected chi connectivity index (χ2v) is 3.79. The molecule has 0 radical (unpaired) electrons. The summed E-state index contributed by atoms with van der Waals surface area (Å²) in [5.41, 5.74) is 0.871. The number of rotatable bonds is 2. The van der Waals surface area contributed by atoms with Gasteiger partial charge in [-0.3, -0.25) is 0 Å². The number of hydrogen-bond donors (Lipinski definition) is 2. The van der Waals surface area contributed by atoms with Crippen molar-refractivity contribution in [3.05, 3.63) is 29.6 Å². The van der Waals surface area contributed by atoms with E-state index in [0.29, 0.717) is 18.8 Å². The number of aryl methyl sites for hydroxylation is 1. The minimum atomic E-state index is -0.521. The predicted octanol–water partition coefficient (Wildman–Crippen LogP) is 0.846. The van der Waals surface area contributed by atoms with Crippen molar-refractivity contribution in [2.45, 2.75) is 19.1 Å². The number of aliphatic hydroxyl groups is 1. The topological polar surface area (TPSA) is 41.5 Å². The Balaban J connectivity index is 2.12. The van der Waals surface area contributed by atoms with Crippen molar-refractivity contribution in [1.82, 2.24) is 5.32 Å². The summed E-state index contributed by atoms with van der Waals surface area (Å²) >= 11 is 0. The highest BCUT2D eigenvalue weighted by Crippen LogP contribution is 2.21. The number of nitrogens with one attached hydrogen (secondary N) is 1. The molecular weight excluding hydrogens is 197 g/mol. The summed E-state index contributed by atoms with van der Waals surface area (Å²) in [6.07, 6.45) is -0.807. The highest BCUT2D eigenvalue weighted by molar-refractivity contribution is 5.33. The highest BCUT2D eigenvalue weighted by atomic mass is 19.1. The molecule has 2 unspecified atom stereocenters. The zero-order chi connectivity index (χ0) is 10.8. The van der Waals surface area contributed by atoms with Crippen LogP contribution >= 0.6 is 0 Å². The summed E-state index contributed by atoms with van der Waals surface area (Å²) in [6.45, 7) is 2.97. The third-order valence-corrected chi connectivity index (χ3v) is 2.56. The first-order valence-corrected chi connectivity index (χ1v) is 4.98. The lowest BCUT2D eigenvalue weighted by Crippen LogP contribution is -2.30. The Morgan fingerprint density at radius 2 is 2.27 bits per heavy atom. The van der Waals surface area contributed by atoms with E-state index in [0.717, 1.165) is 5.56 Å². The Kier molecular flexibility index (Phi) is 2.88. The molecule has 2 N–H and O–H groups in total. The molecule has 1 aromatic rings. The average molecular weight is 211 g/mol. The maximum atomic E-state index is 13.0. The van der Waals surface area contributed by atoms with Crippen molar-refractivity contribution < 1.29 is 14.2 Å². The van der Waals surface area contributed by atoms with Crippen molar-refractivity contribution >= 4 is 0 Å². The lowest BCUT2D eigenvalue weighted by Gasteiger charge is -2.17. The molecule has 0 spiro atoms. The van der Waals surface area contributed by atoms with Crippen molar-refractivity contribution in [1.29, 1.82) is 0 Å². The quantitative estimate of drug-likeness (QED) is 0.762. The normalized spacial score (nSPS) is 25.5. The van der Waals surface area contributed by atoms with E-state index in [9.17, 15) is 9.50 Å². The van der Waals surface area contributed by atoms with Crippen LogP contribution in [-0.2, 0) is 0 Å². The van der Waals surface area contributed by atoms with Gasteiger partial charge in [0.1, 0.15) is 23.8 Å². The number of halogens is 1. The number of ether oxygens (including phenoxy) is 1. The van der Waals surface area contributed by atoms with E-state index in [1.54, 1.807) is 6.07 Å². The third-order valence-electron chi connectivity index (χ3n) is 2.56. The van der Waals surface area contributed by atoms with Gasteiger partial charge in [0.25, 0.3) is 0 Å². The molecule has 1 fully saturated rings. The molecule has 3 nitrogen and oxygen atoms in total. The van der Waals surface area contributed by atoms with Crippen LogP contribution in [0.25, 0.3) is 0 Å². The van der Waals surface area contributed by atoms with Gasteiger partial charge in [-0.2, -0.15) is 0 Å². The summed E-state index contributed by atoms with van der Waals surface area (Å²) in [5.74, 6) is 0.179. The molecular formula is C11H14FNO2. The first-order valence-electron chi connectivity index (χ1n) is 4.98. The Labute approximate surface area is 87.9 Å². The molecule has 0 saturated carbocycles. The van der Waals surface area contributed by atoms with Crippen LogP contribution < -0.4 is 10.1 Å². The van der Waals surface area contributed by atoms with Crippen molar-refractivity contribution in [2.24, 2.45) is 0 Å². The summed E-state index contributed by atoms with van der Waals surface area (Å²) in [6, 6.07) is 4.41. The molecule has 4 heteroatoms. The first kappa shape index (κ1) is 10.4. The van der Waals surface area contributed by atoms with E-state index < -0.39 is 6.10 Å². The molecule has 0 bridgehead atoms. The lowest BCUT2D eigenvalue weighted by atomic mass is 10.2. The number of hydrogen-bond acceptors (Lipinski definition) is 3. The SMILES string of the molecule is Cc1ccc(F)cc1OC1CNCC1O. The average Bonchev–Trinajstić information content (AvgIpc) is 2.58. The van der Waals surface area contributed by atoms with Gasteiger partial charge in [0.05, 0.1) is 0 Å². The van der Waals surface area contributed by atoms with Gasteiger partial charge in [-0.1, -0.05) is 6.07 Å². The minimum Gasteiger partial charge on any atom is -0.486 e. The molecule has 2 rings (SSSR count). The number of β-amino-alcohol motifs (C(OH)–C–C–N with tert-alkyl or cyclic N) is 1. The van der Waals surface area contributed by atoms with E-state index in [-0.39, 0.29) is 11.9 Å². The third kappa shape index (κ3) is 2.27. The molecule has 0 aliphatic carbocycles. The van der Waals surface area contributed by atoms with Gasteiger partial charge in [-0.25, -0.2) is 4.39 Å². The van der Waals surface area contributed by atoms with Crippen LogP contribution in [-0.4, -0.2) is 30.4 Å². The van der Waals surface area contributed by atoms with Crippen LogP contribution in [0.3, 0.4) is 0 Å². The smallest absolute Gasteiger partial charge is 0.138 e. The molecule has 1 heterocycles. The van der Waals surface area contributed by atoms with Gasteiger partial charge in [0.2, 0.25) is 0 Å². The Morgan fingerprint density at radius 1 is 1.47 bits per heavy atom. The van der Waals surface area contributed by atoms with E-state index >= 15 is 0 Å². The first-order chi connectivity index (χ1) is 7.16. The number of benzene rings is 1. The zero-order valence-electron chi connectivity index (χ0n) is 8.53. The maximum absolute atomic E-state index is 13.0. The Bertz CT molecular complexity index is 356. The standard InChI is InChI=1S/C11H14FNO2/c1-7-2-3-8(12)4-10(7)15-11-6-13-5-9(11)14/h2-4,9,11,13-14H,5-6H2,1H3. The molecule has 1 aliphatic heterocycles. The molecule has 0 amide bonds. The van der Waals surface area contributed by atoms with Crippen LogP contribution in [0.5, 0.6) is 5.75 Å². The van der Waals surface area contributed by atoms with Crippen molar-refractivity contribution in [2.75, 3.05) is 13.1 Å². The fraction of sp³-hybridized carbons (Fsp3) is 0.455. The van der Waals surface area contributed by atoms with Gasteiger partial charge in [0.15, 0.2) is 0 Å². The van der Waals surface area contributed by atoms with Crippen LogP contribution in [0.15, 0.2) is 18.2 Å². The fourth-order valence-corrected chi connectivity index (χ4v) is 1.63. The van der Waals surface area contributed by atoms with Crippen LogP contribution in [0.1, 0.15) is 5.56 Å². The lowest BCUT2D eigenvalue weighted by molar-refractivity contribution is 0.0731. The molecule has 1 saturated heterocycles. The van der Waals surface area contributed by atoms with Gasteiger partial charge in [0, 0.05) is 19.2 Å². The second kappa shape index (κ2) is 4.16. The van der Waals surface area contributed by atoms with Crippen LogP contribution in [0.4, 0.5) is 4.39 Å². The highest BCUT2D eigenvalue weighted by Gasteiger charge is 2.26. The van der Waals surface area contributed by atoms with E-state index in [4.69, 9.17) is 4.74 Å². The minimum absolute atomic E-state index is 0.287. The van der Waals surface area contributed by atoms with Crippen LogP contribution in [0, 0.1) is 12.7 Å². The summed E-state index contributed by atoms with van der Waals surface area (Å²) < 4.78 is 18.5. The number of aliphatic hydroxyl groups excluding tert-OH is 1. The Hall–Kier alpha value is -1.13. The summed E-state index contributed by atoms with van der Waals surface area (Å²) in [5, 5.41) is 12.5. The fourth-order valence-electron chi connectivity index (χ4n) is 1.63. The molecule has 1 aliphatic rings. The van der Waals surface area contributed by atoms with Crippen LogP contribution in [0.2, 0.25) is 0 Å². The zero-order valence-corrected chi connectivity index (χ0v) is 8.53. The maximum Gasteiger partial charge on any atom is 0.138 e. The second-order valence-electron chi connectivity index (χ2n) is 3.79. The van der Waals surface area contributed by atoms with E-state index in [2.05, 4.69) is 5.32 Å². The summed E-state index contributed by atoms with van der Waals surface area (Å²) in [7, 11) is 0. The van der Waals surface area contributed by atoms with E-state index in [1.165, 1.54) is 12.1 Å². The van der Waals surface area contributed by atoms with Crippen molar-refractivity contribution in [3.8, 4) is 5.75 Å². The molecule has 0 aromatic heterocycles. The van der Waals surface area contributed by atoms with Gasteiger partial charge >= 0.3 is 0 Å². The van der Waals surface area contributed by atoms with Gasteiger partial charge in [-0.05, 0) is 18.6 Å². The van der Waals surface area contributed by atoms with Gasteiger partial charge in [-0.15, -0.1) is 0 Å². The summed E-state index contributed by atoms with van der Waals surface area (Å²) in [4.78, 5) is 0. The molecule has 15 heavy (non-hydrogen) atoms. The molecule has 82 valence electrons. The monoisotopic (exact) mass is 211 g/mol. The van der Waals surface area contributed by atoms with Gasteiger partial charge < -0.3 is 15.2 Å². The predicted molar refractivity (Wildman–Crippen MR) is 54.4 cm³/mol.